The molecule has 0 saturated carbocycles. The molecule has 0 aliphatic heterocycles. The maximum absolute atomic E-state index is 12.3. The molecule has 1 aromatic carbocycles. The van der Waals surface area contributed by atoms with Gasteiger partial charge in [-0.1, -0.05) is 26.3 Å². The van der Waals surface area contributed by atoms with Crippen LogP contribution in [0.3, 0.4) is 0 Å². The van der Waals surface area contributed by atoms with Crippen molar-refractivity contribution in [3.63, 3.8) is 0 Å². The van der Waals surface area contributed by atoms with E-state index in [-0.39, 0.29) is 16.4 Å². The molecule has 1 unspecified atom stereocenters. The zero-order valence-electron chi connectivity index (χ0n) is 11.3. The normalized spacial score (nSPS) is 13.5. The third kappa shape index (κ3) is 3.78. The lowest BCUT2D eigenvalue weighted by Crippen LogP contribution is -2.31. The highest BCUT2D eigenvalue weighted by atomic mass is 32.2. The van der Waals surface area contributed by atoms with E-state index >= 15 is 0 Å². The van der Waals surface area contributed by atoms with Gasteiger partial charge in [-0.25, -0.2) is 17.5 Å². The number of hydrogen-bond acceptors (Lipinski definition) is 3. The Bertz CT molecular complexity index is 554. The third-order valence-electron chi connectivity index (χ3n) is 3.05. The highest BCUT2D eigenvalue weighted by Crippen LogP contribution is 2.17. The number of nitrogens with zero attached hydrogens (tertiary/aromatic N) is 1. The van der Waals surface area contributed by atoms with Crippen molar-refractivity contribution in [2.45, 2.75) is 25.2 Å². The monoisotopic (exact) mass is 285 g/mol. The zero-order valence-corrected chi connectivity index (χ0v) is 12.1. The SMILES string of the molecule is CCC(C)CN(C)S(=O)(=O)c1cccc(C(=O)O)c1. The highest BCUT2D eigenvalue weighted by molar-refractivity contribution is 7.89. The maximum Gasteiger partial charge on any atom is 0.335 e. The van der Waals surface area contributed by atoms with E-state index in [0.29, 0.717) is 6.54 Å². The number of carboxylic acid groups (broad SMARTS) is 1. The molecule has 6 heteroatoms. The van der Waals surface area contributed by atoms with Crippen molar-refractivity contribution in [3.8, 4) is 0 Å². The van der Waals surface area contributed by atoms with Gasteiger partial charge in [0.2, 0.25) is 10.0 Å². The molecule has 106 valence electrons. The molecule has 0 fully saturated rings. The Morgan fingerprint density at radius 3 is 2.58 bits per heavy atom. The van der Waals surface area contributed by atoms with Gasteiger partial charge in [-0.05, 0) is 24.1 Å². The Labute approximate surface area is 113 Å². The van der Waals surface area contributed by atoms with Crippen LogP contribution >= 0.6 is 0 Å². The number of hydrogen-bond donors (Lipinski definition) is 1. The summed E-state index contributed by atoms with van der Waals surface area (Å²) in [6.45, 7) is 4.38. The maximum atomic E-state index is 12.3. The molecule has 0 saturated heterocycles. The smallest absolute Gasteiger partial charge is 0.335 e. The number of sulfonamides is 1. The summed E-state index contributed by atoms with van der Waals surface area (Å²) in [5.41, 5.74) is -0.0296. The quantitative estimate of drug-likeness (QED) is 0.868. The molecule has 1 aromatic rings. The second-order valence-corrected chi connectivity index (χ2v) is 6.68. The molecule has 0 heterocycles. The van der Waals surface area contributed by atoms with E-state index in [2.05, 4.69) is 0 Å². The van der Waals surface area contributed by atoms with Crippen molar-refractivity contribution in [1.29, 1.82) is 0 Å². The molecule has 1 rings (SSSR count). The molecule has 0 spiro atoms. The Morgan fingerprint density at radius 1 is 1.42 bits per heavy atom. The molecule has 0 aliphatic carbocycles. The van der Waals surface area contributed by atoms with E-state index < -0.39 is 16.0 Å². The first-order chi connectivity index (χ1) is 8.78. The van der Waals surface area contributed by atoms with Crippen LogP contribution in [0.4, 0.5) is 0 Å². The Hall–Kier alpha value is -1.40. The van der Waals surface area contributed by atoms with Crippen LogP contribution in [0.2, 0.25) is 0 Å². The first kappa shape index (κ1) is 15.7. The van der Waals surface area contributed by atoms with Crippen LogP contribution in [0.15, 0.2) is 29.2 Å². The molecule has 0 radical (unpaired) electrons. The van der Waals surface area contributed by atoms with Crippen LogP contribution in [-0.2, 0) is 10.0 Å². The zero-order chi connectivity index (χ0) is 14.6. The largest absolute Gasteiger partial charge is 0.478 e. The summed E-state index contributed by atoms with van der Waals surface area (Å²) in [6, 6.07) is 5.41. The summed E-state index contributed by atoms with van der Waals surface area (Å²) in [4.78, 5) is 10.9. The van der Waals surface area contributed by atoms with Crippen LogP contribution in [0.25, 0.3) is 0 Å². The van der Waals surface area contributed by atoms with Gasteiger partial charge >= 0.3 is 5.97 Å². The van der Waals surface area contributed by atoms with E-state index in [1.54, 1.807) is 0 Å². The summed E-state index contributed by atoms with van der Waals surface area (Å²) in [5, 5.41) is 8.89. The molecule has 1 atom stereocenters. The molecule has 5 nitrogen and oxygen atoms in total. The van der Waals surface area contributed by atoms with Crippen LogP contribution in [-0.4, -0.2) is 37.4 Å². The molecule has 0 bridgehead atoms. The molecule has 0 aliphatic rings. The average molecular weight is 285 g/mol. The minimum atomic E-state index is -3.63. The number of rotatable bonds is 6. The summed E-state index contributed by atoms with van der Waals surface area (Å²) in [5.74, 6) is -0.885. The summed E-state index contributed by atoms with van der Waals surface area (Å²) < 4.78 is 25.8. The van der Waals surface area contributed by atoms with Gasteiger partial charge in [-0.2, -0.15) is 0 Å². The Balaban J connectivity index is 3.06. The van der Waals surface area contributed by atoms with Crippen LogP contribution in [0.5, 0.6) is 0 Å². The van der Waals surface area contributed by atoms with Crippen LogP contribution < -0.4 is 0 Å². The number of carboxylic acids is 1. The van der Waals surface area contributed by atoms with Gasteiger partial charge < -0.3 is 5.11 Å². The topological polar surface area (TPSA) is 74.7 Å². The highest BCUT2D eigenvalue weighted by Gasteiger charge is 2.22. The lowest BCUT2D eigenvalue weighted by atomic mass is 10.1. The van der Waals surface area contributed by atoms with E-state index in [1.165, 1.54) is 35.6 Å². The lowest BCUT2D eigenvalue weighted by Gasteiger charge is -2.20. The van der Waals surface area contributed by atoms with Gasteiger partial charge in [0.1, 0.15) is 0 Å². The van der Waals surface area contributed by atoms with E-state index in [0.717, 1.165) is 6.42 Å². The number of carbonyl (C=O) groups is 1. The molecular formula is C13H19NO4S. The fraction of sp³-hybridized carbons (Fsp3) is 0.462. The summed E-state index contributed by atoms with van der Waals surface area (Å²) >= 11 is 0. The van der Waals surface area contributed by atoms with E-state index in [1.807, 2.05) is 13.8 Å². The fourth-order valence-electron chi connectivity index (χ4n) is 1.64. The first-order valence-electron chi connectivity index (χ1n) is 6.08. The first-order valence-corrected chi connectivity index (χ1v) is 7.52. The average Bonchev–Trinajstić information content (AvgIpc) is 2.38. The minimum Gasteiger partial charge on any atom is -0.478 e. The van der Waals surface area contributed by atoms with Crippen molar-refractivity contribution in [2.75, 3.05) is 13.6 Å². The van der Waals surface area contributed by atoms with Crippen molar-refractivity contribution < 1.29 is 18.3 Å². The second kappa shape index (κ2) is 6.16. The van der Waals surface area contributed by atoms with Gasteiger partial charge in [0.05, 0.1) is 10.5 Å². The van der Waals surface area contributed by atoms with Crippen molar-refractivity contribution in [2.24, 2.45) is 5.92 Å². The fourth-order valence-corrected chi connectivity index (χ4v) is 2.97. The van der Waals surface area contributed by atoms with Crippen LogP contribution in [0.1, 0.15) is 30.6 Å². The van der Waals surface area contributed by atoms with E-state index in [9.17, 15) is 13.2 Å². The predicted molar refractivity (Wildman–Crippen MR) is 72.7 cm³/mol. The molecule has 19 heavy (non-hydrogen) atoms. The van der Waals surface area contributed by atoms with Gasteiger partial charge in [-0.15, -0.1) is 0 Å². The van der Waals surface area contributed by atoms with Gasteiger partial charge in [0.25, 0.3) is 0 Å². The standard InChI is InChI=1S/C13H19NO4S/c1-4-10(2)9-14(3)19(17,18)12-7-5-6-11(8-12)13(15)16/h5-8,10H,4,9H2,1-3H3,(H,15,16). The minimum absolute atomic E-state index is 0.0122. The predicted octanol–water partition coefficient (Wildman–Crippen LogP) is 2.05. The third-order valence-corrected chi connectivity index (χ3v) is 4.87. The molecule has 1 N–H and O–H groups in total. The van der Waals surface area contributed by atoms with Crippen molar-refractivity contribution in [3.05, 3.63) is 29.8 Å². The second-order valence-electron chi connectivity index (χ2n) is 4.63. The number of aromatic carboxylic acids is 1. The van der Waals surface area contributed by atoms with Crippen molar-refractivity contribution >= 4 is 16.0 Å². The molecule has 0 amide bonds. The Morgan fingerprint density at radius 2 is 2.05 bits per heavy atom. The molecular weight excluding hydrogens is 266 g/mol. The van der Waals surface area contributed by atoms with Gasteiger partial charge in [0, 0.05) is 13.6 Å². The summed E-state index contributed by atoms with van der Waals surface area (Å²) in [7, 11) is -2.12. The Kier molecular flexibility index (Phi) is 5.08. The number of benzene rings is 1. The van der Waals surface area contributed by atoms with Gasteiger partial charge in [0.15, 0.2) is 0 Å². The van der Waals surface area contributed by atoms with E-state index in [4.69, 9.17) is 5.11 Å². The van der Waals surface area contributed by atoms with Crippen LogP contribution in [0, 0.1) is 5.92 Å². The van der Waals surface area contributed by atoms with Crippen molar-refractivity contribution in [1.82, 2.24) is 4.31 Å². The summed E-state index contributed by atoms with van der Waals surface area (Å²) in [6.07, 6.45) is 0.884. The molecule has 0 aromatic heterocycles. The lowest BCUT2D eigenvalue weighted by molar-refractivity contribution is 0.0696. The van der Waals surface area contributed by atoms with Gasteiger partial charge in [-0.3, -0.25) is 0 Å².